The van der Waals surface area contributed by atoms with Gasteiger partial charge in [0.05, 0.1) is 22.0 Å². The first-order valence-electron chi connectivity index (χ1n) is 10.3. The minimum atomic E-state index is -0.971. The summed E-state index contributed by atoms with van der Waals surface area (Å²) in [5, 5.41) is 23.7. The summed E-state index contributed by atoms with van der Waals surface area (Å²) >= 11 is 0. The summed E-state index contributed by atoms with van der Waals surface area (Å²) in [6, 6.07) is 23.1. The van der Waals surface area contributed by atoms with Crippen molar-refractivity contribution in [2.24, 2.45) is 16.1 Å². The molecule has 0 radical (unpaired) electrons. The Hall–Kier alpha value is -4.86. The van der Waals surface area contributed by atoms with Gasteiger partial charge in [-0.25, -0.2) is 10.2 Å². The highest BCUT2D eigenvalue weighted by Gasteiger charge is 2.41. The molecule has 0 aliphatic carbocycles. The molecule has 34 heavy (non-hydrogen) atoms. The first-order chi connectivity index (χ1) is 16.5. The van der Waals surface area contributed by atoms with Crippen LogP contribution >= 0.6 is 0 Å². The number of nitrogens with zero attached hydrogens (tertiary/aromatic N) is 4. The van der Waals surface area contributed by atoms with Crippen molar-refractivity contribution in [3.05, 3.63) is 106 Å². The van der Waals surface area contributed by atoms with E-state index in [1.54, 1.807) is 24.3 Å². The Morgan fingerprint density at radius 3 is 2.21 bits per heavy atom. The number of hydrogen-bond acceptors (Lipinski definition) is 6. The molecule has 4 rings (SSSR count). The molecule has 3 aromatic carbocycles. The van der Waals surface area contributed by atoms with E-state index in [2.05, 4.69) is 20.9 Å². The lowest BCUT2D eigenvalue weighted by atomic mass is 9.88. The fraction of sp³-hybridized carbons (Fsp3) is 0.0833. The van der Waals surface area contributed by atoms with Crippen molar-refractivity contribution in [2.45, 2.75) is 0 Å². The van der Waals surface area contributed by atoms with Crippen LogP contribution in [0.15, 0.2) is 95.1 Å². The number of carbonyl (C=O) groups excluding carboxylic acids is 2. The third kappa shape index (κ3) is 4.51. The molecule has 1 atom stereocenters. The monoisotopic (exact) mass is 456 g/mol. The maximum absolute atomic E-state index is 13.7. The highest BCUT2D eigenvalue weighted by atomic mass is 16.6. The first-order valence-corrected chi connectivity index (χ1v) is 10.3. The van der Waals surface area contributed by atoms with Gasteiger partial charge >= 0.3 is 6.03 Å². The zero-order valence-electron chi connectivity index (χ0n) is 18.1. The Bertz CT molecular complexity index is 1270. The first kappa shape index (κ1) is 22.3. The van der Waals surface area contributed by atoms with Crippen LogP contribution in [0, 0.1) is 16.0 Å². The molecule has 0 aromatic heterocycles. The zero-order chi connectivity index (χ0) is 24.1. The molecule has 170 valence electrons. The van der Waals surface area contributed by atoms with Gasteiger partial charge in [-0.05, 0) is 35.4 Å². The molecule has 0 saturated carbocycles. The van der Waals surface area contributed by atoms with Gasteiger partial charge in [-0.15, -0.1) is 0 Å². The molecular formula is C24H20N6O4. The number of non-ortho nitro benzene ring substituents is 1. The molecule has 3 aromatic rings. The summed E-state index contributed by atoms with van der Waals surface area (Å²) in [6.45, 7) is 0. The summed E-state index contributed by atoms with van der Waals surface area (Å²) < 4.78 is 0. The van der Waals surface area contributed by atoms with E-state index in [1.807, 2.05) is 36.4 Å². The molecule has 0 saturated heterocycles. The average molecular weight is 456 g/mol. The number of nitro benzene ring substituents is 1. The molecule has 0 fully saturated rings. The third-order valence-corrected chi connectivity index (χ3v) is 5.16. The van der Waals surface area contributed by atoms with Gasteiger partial charge in [0.15, 0.2) is 0 Å². The molecule has 1 aliphatic heterocycles. The van der Waals surface area contributed by atoms with Crippen molar-refractivity contribution < 1.29 is 14.5 Å². The van der Waals surface area contributed by atoms with Crippen molar-refractivity contribution in [1.82, 2.24) is 10.7 Å². The predicted molar refractivity (Wildman–Crippen MR) is 128 cm³/mol. The average Bonchev–Trinajstić information content (AvgIpc) is 3.22. The molecule has 0 bridgehead atoms. The summed E-state index contributed by atoms with van der Waals surface area (Å²) in [4.78, 5) is 36.2. The summed E-state index contributed by atoms with van der Waals surface area (Å²) in [7, 11) is 1.44. The Morgan fingerprint density at radius 1 is 1.00 bits per heavy atom. The van der Waals surface area contributed by atoms with E-state index in [1.165, 1.54) is 36.3 Å². The van der Waals surface area contributed by atoms with E-state index < -0.39 is 16.9 Å². The van der Waals surface area contributed by atoms with Crippen LogP contribution in [0.1, 0.15) is 11.1 Å². The number of carbonyl (C=O) groups is 2. The number of hydrazone groups is 2. The molecule has 10 heteroatoms. The quantitative estimate of drug-likeness (QED) is 0.335. The molecule has 1 unspecified atom stereocenters. The number of rotatable bonds is 6. The smallest absolute Gasteiger partial charge is 0.334 e. The van der Waals surface area contributed by atoms with Crippen LogP contribution in [0.2, 0.25) is 0 Å². The zero-order valence-corrected chi connectivity index (χ0v) is 18.1. The second-order valence-electron chi connectivity index (χ2n) is 7.26. The van der Waals surface area contributed by atoms with Crippen molar-refractivity contribution in [3.63, 3.8) is 0 Å². The van der Waals surface area contributed by atoms with Crippen LogP contribution in [0.5, 0.6) is 0 Å². The van der Waals surface area contributed by atoms with Crippen molar-refractivity contribution in [3.8, 4) is 0 Å². The molecule has 0 spiro atoms. The molecule has 3 amide bonds. The summed E-state index contributed by atoms with van der Waals surface area (Å²) in [6.07, 6.45) is 0. The Kier molecular flexibility index (Phi) is 6.40. The Labute approximate surface area is 194 Å². The number of benzene rings is 3. The lowest BCUT2D eigenvalue weighted by Crippen LogP contribution is -2.37. The minimum Gasteiger partial charge on any atom is -0.340 e. The van der Waals surface area contributed by atoms with Crippen molar-refractivity contribution in [1.29, 1.82) is 0 Å². The largest absolute Gasteiger partial charge is 0.340 e. The van der Waals surface area contributed by atoms with Gasteiger partial charge in [-0.1, -0.05) is 48.5 Å². The van der Waals surface area contributed by atoms with E-state index in [0.717, 1.165) is 0 Å². The van der Waals surface area contributed by atoms with Crippen LogP contribution in [0.25, 0.3) is 0 Å². The summed E-state index contributed by atoms with van der Waals surface area (Å²) in [5.74, 6) is -1.35. The topological polar surface area (TPSA) is 129 Å². The van der Waals surface area contributed by atoms with Gasteiger partial charge in [0.2, 0.25) is 0 Å². The number of nitro groups is 1. The molecule has 1 aliphatic rings. The molecule has 2 N–H and O–H groups in total. The van der Waals surface area contributed by atoms with E-state index in [-0.39, 0.29) is 17.3 Å². The van der Waals surface area contributed by atoms with Crippen LogP contribution < -0.4 is 15.8 Å². The lowest BCUT2D eigenvalue weighted by Gasteiger charge is -2.17. The highest BCUT2D eigenvalue weighted by molar-refractivity contribution is 6.35. The number of nitrogens with one attached hydrogen (secondary N) is 2. The van der Waals surface area contributed by atoms with E-state index in [0.29, 0.717) is 22.5 Å². The number of hydrogen-bond donors (Lipinski definition) is 2. The fourth-order valence-electron chi connectivity index (χ4n) is 3.50. The van der Waals surface area contributed by atoms with E-state index >= 15 is 0 Å². The second kappa shape index (κ2) is 9.74. The number of para-hydroxylation sites is 1. The number of urea groups is 1. The normalized spacial score (nSPS) is 15.6. The van der Waals surface area contributed by atoms with Gasteiger partial charge in [-0.2, -0.15) is 15.2 Å². The van der Waals surface area contributed by atoms with Crippen LogP contribution in [0.3, 0.4) is 0 Å². The van der Waals surface area contributed by atoms with E-state index in [4.69, 9.17) is 0 Å². The van der Waals surface area contributed by atoms with E-state index in [9.17, 15) is 19.7 Å². The van der Waals surface area contributed by atoms with Gasteiger partial charge in [0.1, 0.15) is 5.92 Å². The van der Waals surface area contributed by atoms with Crippen LogP contribution in [-0.4, -0.2) is 35.3 Å². The SMILES string of the molecule is CNC(=O)N/N=C(\c1ccc([N+](=O)[O-])cc1)C1C(=O)N(c2ccccc2)N=C1c1ccccc1. The fourth-order valence-corrected chi connectivity index (χ4v) is 3.50. The van der Waals surface area contributed by atoms with Gasteiger partial charge < -0.3 is 5.32 Å². The highest BCUT2D eigenvalue weighted by Crippen LogP contribution is 2.30. The van der Waals surface area contributed by atoms with Crippen molar-refractivity contribution >= 4 is 34.7 Å². The predicted octanol–water partition coefficient (Wildman–Crippen LogP) is 3.30. The van der Waals surface area contributed by atoms with Crippen LogP contribution in [0.4, 0.5) is 16.2 Å². The van der Waals surface area contributed by atoms with Gasteiger partial charge in [-0.3, -0.25) is 14.9 Å². The Morgan fingerprint density at radius 2 is 1.62 bits per heavy atom. The lowest BCUT2D eigenvalue weighted by molar-refractivity contribution is -0.384. The number of amides is 3. The second-order valence-corrected chi connectivity index (χ2v) is 7.26. The van der Waals surface area contributed by atoms with Gasteiger partial charge in [0, 0.05) is 19.2 Å². The minimum absolute atomic E-state index is 0.108. The molecule has 10 nitrogen and oxygen atoms in total. The number of anilines is 1. The summed E-state index contributed by atoms with van der Waals surface area (Å²) in [5.41, 5.74) is 4.60. The van der Waals surface area contributed by atoms with Gasteiger partial charge in [0.25, 0.3) is 11.6 Å². The molecular weight excluding hydrogens is 436 g/mol. The standard InChI is InChI=1S/C24H20N6O4/c1-25-24(32)27-26-21(17-12-14-19(15-13-17)30(33)34)20-22(16-8-4-2-5-9-16)28-29(23(20)31)18-10-6-3-7-11-18/h2-15,20H,1H3,(H2,25,27,32)/b26-21+. The third-order valence-electron chi connectivity index (χ3n) is 5.16. The maximum Gasteiger partial charge on any atom is 0.334 e. The Balaban J connectivity index is 1.85. The molecule has 1 heterocycles. The van der Waals surface area contributed by atoms with Crippen LogP contribution in [-0.2, 0) is 4.79 Å². The van der Waals surface area contributed by atoms with Crippen molar-refractivity contribution in [2.75, 3.05) is 12.1 Å². The maximum atomic E-state index is 13.7.